The van der Waals surface area contributed by atoms with E-state index in [0.29, 0.717) is 12.8 Å². The minimum atomic E-state index is -0.247. The van der Waals surface area contributed by atoms with Crippen LogP contribution in [0.2, 0.25) is 0 Å². The first kappa shape index (κ1) is 8.96. The molecule has 0 aromatic heterocycles. The lowest BCUT2D eigenvalue weighted by molar-refractivity contribution is -0.141. The molecule has 0 aromatic carbocycles. The third kappa shape index (κ3) is 3.90. The van der Waals surface area contributed by atoms with Crippen LogP contribution in [-0.2, 0) is 9.53 Å². The lowest BCUT2D eigenvalue weighted by atomic mass is 10.1. The summed E-state index contributed by atoms with van der Waals surface area (Å²) in [7, 11) is 1.35. The Morgan fingerprint density at radius 3 is 2.80 bits per heavy atom. The van der Waals surface area contributed by atoms with Gasteiger partial charge in [-0.2, -0.15) is 5.26 Å². The topological polar surface area (TPSA) is 50.1 Å². The standard InChI is InChI=1S/C7H11NO2/c1-6(3-4-8)5-7(9)10-2/h6H,3,5H2,1-2H3. The summed E-state index contributed by atoms with van der Waals surface area (Å²) >= 11 is 0. The fourth-order valence-electron chi connectivity index (χ4n) is 0.596. The van der Waals surface area contributed by atoms with E-state index in [9.17, 15) is 4.79 Å². The molecule has 3 heteroatoms. The van der Waals surface area contributed by atoms with E-state index >= 15 is 0 Å². The summed E-state index contributed by atoms with van der Waals surface area (Å²) in [6.07, 6.45) is 0.749. The smallest absolute Gasteiger partial charge is 0.305 e. The zero-order chi connectivity index (χ0) is 7.98. The molecule has 0 heterocycles. The number of rotatable bonds is 3. The number of nitrogens with zero attached hydrogens (tertiary/aromatic N) is 1. The van der Waals surface area contributed by atoms with Crippen molar-refractivity contribution in [2.24, 2.45) is 5.92 Å². The Morgan fingerprint density at radius 2 is 2.40 bits per heavy atom. The molecular weight excluding hydrogens is 130 g/mol. The Morgan fingerprint density at radius 1 is 1.80 bits per heavy atom. The van der Waals surface area contributed by atoms with E-state index in [1.54, 1.807) is 0 Å². The first-order valence-electron chi connectivity index (χ1n) is 3.14. The average Bonchev–Trinajstić information content (AvgIpc) is 1.88. The van der Waals surface area contributed by atoms with E-state index < -0.39 is 0 Å². The van der Waals surface area contributed by atoms with E-state index in [-0.39, 0.29) is 11.9 Å². The summed E-state index contributed by atoms with van der Waals surface area (Å²) in [6.45, 7) is 1.85. The summed E-state index contributed by atoms with van der Waals surface area (Å²) in [5.74, 6) is -0.139. The number of esters is 1. The summed E-state index contributed by atoms with van der Waals surface area (Å²) in [4.78, 5) is 10.6. The van der Waals surface area contributed by atoms with Crippen LogP contribution in [0, 0.1) is 17.2 Å². The van der Waals surface area contributed by atoms with Crippen LogP contribution >= 0.6 is 0 Å². The lowest BCUT2D eigenvalue weighted by Crippen LogP contribution is -2.06. The molecule has 0 amide bonds. The van der Waals surface area contributed by atoms with Gasteiger partial charge < -0.3 is 4.74 Å². The van der Waals surface area contributed by atoms with Crippen molar-refractivity contribution in [2.75, 3.05) is 7.11 Å². The molecule has 0 aromatic rings. The third-order valence-electron chi connectivity index (χ3n) is 1.18. The third-order valence-corrected chi connectivity index (χ3v) is 1.18. The van der Waals surface area contributed by atoms with Crippen molar-refractivity contribution in [1.29, 1.82) is 5.26 Å². The molecule has 0 aliphatic carbocycles. The van der Waals surface area contributed by atoms with Gasteiger partial charge in [0.2, 0.25) is 0 Å². The highest BCUT2D eigenvalue weighted by Crippen LogP contribution is 2.06. The van der Waals surface area contributed by atoms with E-state index in [1.807, 2.05) is 13.0 Å². The lowest BCUT2D eigenvalue weighted by Gasteiger charge is -2.02. The Labute approximate surface area is 60.6 Å². The highest BCUT2D eigenvalue weighted by atomic mass is 16.5. The van der Waals surface area contributed by atoms with Gasteiger partial charge in [0.15, 0.2) is 0 Å². The molecule has 0 bridgehead atoms. The number of ether oxygens (including phenoxy) is 1. The molecule has 0 spiro atoms. The summed E-state index contributed by atoms with van der Waals surface area (Å²) in [5.41, 5.74) is 0. The number of methoxy groups -OCH3 is 1. The first-order chi connectivity index (χ1) is 4.70. The molecule has 0 fully saturated rings. The molecule has 0 saturated heterocycles. The fourth-order valence-corrected chi connectivity index (χ4v) is 0.596. The maximum Gasteiger partial charge on any atom is 0.305 e. The van der Waals surface area contributed by atoms with Crippen molar-refractivity contribution < 1.29 is 9.53 Å². The van der Waals surface area contributed by atoms with Gasteiger partial charge in [-0.3, -0.25) is 4.79 Å². The van der Waals surface area contributed by atoms with Crippen molar-refractivity contribution in [3.05, 3.63) is 0 Å². The highest BCUT2D eigenvalue weighted by Gasteiger charge is 2.07. The van der Waals surface area contributed by atoms with Gasteiger partial charge in [0, 0.05) is 12.8 Å². The van der Waals surface area contributed by atoms with Gasteiger partial charge in [0.25, 0.3) is 0 Å². The maximum absolute atomic E-state index is 10.6. The van der Waals surface area contributed by atoms with Crippen LogP contribution in [0.3, 0.4) is 0 Å². The van der Waals surface area contributed by atoms with Gasteiger partial charge in [-0.15, -0.1) is 0 Å². The molecule has 0 aliphatic rings. The predicted octanol–water partition coefficient (Wildman–Crippen LogP) is 1.10. The zero-order valence-corrected chi connectivity index (χ0v) is 6.26. The van der Waals surface area contributed by atoms with Crippen LogP contribution in [-0.4, -0.2) is 13.1 Å². The number of carbonyl (C=O) groups is 1. The number of hydrogen-bond acceptors (Lipinski definition) is 3. The molecule has 0 radical (unpaired) electrons. The molecule has 56 valence electrons. The van der Waals surface area contributed by atoms with Crippen LogP contribution in [0.4, 0.5) is 0 Å². The minimum Gasteiger partial charge on any atom is -0.469 e. The Hall–Kier alpha value is -1.04. The quantitative estimate of drug-likeness (QED) is 0.553. The second-order valence-electron chi connectivity index (χ2n) is 2.25. The molecular formula is C7H11NO2. The molecule has 0 aliphatic heterocycles. The monoisotopic (exact) mass is 141 g/mol. The first-order valence-corrected chi connectivity index (χ1v) is 3.14. The minimum absolute atomic E-state index is 0.109. The van der Waals surface area contributed by atoms with Crippen molar-refractivity contribution in [3.63, 3.8) is 0 Å². The molecule has 3 nitrogen and oxygen atoms in total. The molecule has 0 rings (SSSR count). The van der Waals surface area contributed by atoms with Gasteiger partial charge in [0.05, 0.1) is 13.2 Å². The van der Waals surface area contributed by atoms with Crippen LogP contribution < -0.4 is 0 Å². The Bertz CT molecular complexity index is 148. The normalized spacial score (nSPS) is 11.7. The predicted molar refractivity (Wildman–Crippen MR) is 36.0 cm³/mol. The van der Waals surface area contributed by atoms with Crippen molar-refractivity contribution in [3.8, 4) is 6.07 Å². The second-order valence-corrected chi connectivity index (χ2v) is 2.25. The van der Waals surface area contributed by atoms with Crippen LogP contribution in [0.5, 0.6) is 0 Å². The largest absolute Gasteiger partial charge is 0.469 e. The SMILES string of the molecule is COC(=O)CC(C)CC#N. The van der Waals surface area contributed by atoms with Gasteiger partial charge in [-0.1, -0.05) is 6.92 Å². The van der Waals surface area contributed by atoms with Crippen molar-refractivity contribution in [2.45, 2.75) is 19.8 Å². The Kier molecular flexibility index (Phi) is 4.30. The van der Waals surface area contributed by atoms with Gasteiger partial charge in [0.1, 0.15) is 0 Å². The maximum atomic E-state index is 10.6. The highest BCUT2D eigenvalue weighted by molar-refractivity contribution is 5.69. The van der Waals surface area contributed by atoms with E-state index in [4.69, 9.17) is 5.26 Å². The van der Waals surface area contributed by atoms with Crippen LogP contribution in [0.15, 0.2) is 0 Å². The second kappa shape index (κ2) is 4.80. The molecule has 10 heavy (non-hydrogen) atoms. The van der Waals surface area contributed by atoms with Crippen LogP contribution in [0.1, 0.15) is 19.8 Å². The van der Waals surface area contributed by atoms with E-state index in [1.165, 1.54) is 7.11 Å². The van der Waals surface area contributed by atoms with Gasteiger partial charge in [-0.05, 0) is 5.92 Å². The molecule has 1 unspecified atom stereocenters. The number of hydrogen-bond donors (Lipinski definition) is 0. The molecule has 1 atom stereocenters. The van der Waals surface area contributed by atoms with Gasteiger partial charge in [-0.25, -0.2) is 0 Å². The molecule has 0 saturated carbocycles. The molecule has 0 N–H and O–H groups in total. The van der Waals surface area contributed by atoms with Crippen LogP contribution in [0.25, 0.3) is 0 Å². The number of nitriles is 1. The van der Waals surface area contributed by atoms with Gasteiger partial charge >= 0.3 is 5.97 Å². The summed E-state index contributed by atoms with van der Waals surface area (Å²) in [5, 5.41) is 8.22. The van der Waals surface area contributed by atoms with Crippen molar-refractivity contribution in [1.82, 2.24) is 0 Å². The summed E-state index contributed by atoms with van der Waals surface area (Å²) in [6, 6.07) is 1.99. The fraction of sp³-hybridized carbons (Fsp3) is 0.714. The number of carbonyl (C=O) groups excluding carboxylic acids is 1. The zero-order valence-electron chi connectivity index (χ0n) is 6.26. The Balaban J connectivity index is 3.49. The average molecular weight is 141 g/mol. The van der Waals surface area contributed by atoms with E-state index in [2.05, 4.69) is 4.74 Å². The summed E-state index contributed by atoms with van der Waals surface area (Å²) < 4.78 is 4.42. The van der Waals surface area contributed by atoms with Crippen molar-refractivity contribution >= 4 is 5.97 Å². The van der Waals surface area contributed by atoms with E-state index in [0.717, 1.165) is 0 Å².